The van der Waals surface area contributed by atoms with E-state index in [-0.39, 0.29) is 18.9 Å². The monoisotopic (exact) mass is 413 g/mol. The molecule has 3 rings (SSSR count). The summed E-state index contributed by atoms with van der Waals surface area (Å²) in [5.74, 6) is 4.23. The lowest BCUT2D eigenvalue weighted by Crippen LogP contribution is -2.34. The molecule has 0 N–H and O–H groups in total. The second-order valence-corrected chi connectivity index (χ2v) is 7.62. The lowest BCUT2D eigenvalue weighted by Gasteiger charge is -2.26. The van der Waals surface area contributed by atoms with Crippen LogP contribution in [0.5, 0.6) is 0 Å². The molecule has 0 bridgehead atoms. The quantitative estimate of drug-likeness (QED) is 0.636. The zero-order chi connectivity index (χ0) is 22.5. The van der Waals surface area contributed by atoms with Crippen molar-refractivity contribution < 1.29 is 14.3 Å². The van der Waals surface area contributed by atoms with Crippen LogP contribution in [-0.2, 0) is 17.6 Å². The number of fused-ring (bicyclic) bond motifs is 1. The van der Waals surface area contributed by atoms with Gasteiger partial charge >= 0.3 is 6.09 Å². The Labute approximate surface area is 184 Å². The minimum Gasteiger partial charge on any atom is -0.440 e. The zero-order valence-electron chi connectivity index (χ0n) is 18.3. The van der Waals surface area contributed by atoms with Crippen molar-refractivity contribution in [3.63, 3.8) is 0 Å². The fourth-order valence-corrected chi connectivity index (χ4v) is 4.45. The number of hydrogen-bond donors (Lipinski definition) is 0. The number of carbonyl (C=O) groups excluding carboxylic acids is 2. The lowest BCUT2D eigenvalue weighted by atomic mass is 9.84. The number of ketones is 1. The van der Waals surface area contributed by atoms with Gasteiger partial charge in [0.2, 0.25) is 0 Å². The Kier molecular flexibility index (Phi) is 6.83. The molecular weight excluding hydrogens is 386 g/mol. The molecule has 0 saturated heterocycles. The molecule has 1 amide bonds. The first-order chi connectivity index (χ1) is 15.0. The number of Topliss-reactive ketones (excluding diaryl/α,β-unsaturated/α-hetero) is 1. The van der Waals surface area contributed by atoms with Crippen molar-refractivity contribution in [2.45, 2.75) is 45.6 Å². The van der Waals surface area contributed by atoms with Gasteiger partial charge in [0, 0.05) is 11.1 Å². The highest BCUT2D eigenvalue weighted by molar-refractivity contribution is 6.06. The molecule has 158 valence electrons. The Balaban J connectivity index is 2.08. The van der Waals surface area contributed by atoms with Crippen molar-refractivity contribution in [1.82, 2.24) is 4.90 Å². The molecule has 0 fully saturated rings. The van der Waals surface area contributed by atoms with E-state index < -0.39 is 18.1 Å². The first kappa shape index (κ1) is 22.2. The van der Waals surface area contributed by atoms with E-state index in [0.717, 1.165) is 24.0 Å². The lowest BCUT2D eigenvalue weighted by molar-refractivity contribution is 0.0564. The topological polar surface area (TPSA) is 46.6 Å². The molecule has 0 aromatic heterocycles. The summed E-state index contributed by atoms with van der Waals surface area (Å²) in [7, 11) is 0. The summed E-state index contributed by atoms with van der Waals surface area (Å²) in [6.07, 6.45) is 11.1. The fraction of sp³-hybridized carbons (Fsp3) is 0.333. The van der Waals surface area contributed by atoms with Crippen LogP contribution in [0.15, 0.2) is 36.4 Å². The molecule has 2 aromatic carbocycles. The first-order valence-corrected chi connectivity index (χ1v) is 10.5. The summed E-state index contributed by atoms with van der Waals surface area (Å²) in [6, 6.07) is 11.4. The SMILES string of the molecule is C#CCN(CC#C)C(=O)OC1c2ccccc2C(=O)C1c1ccc(CC)c(C)c1CC. The highest BCUT2D eigenvalue weighted by Crippen LogP contribution is 2.46. The summed E-state index contributed by atoms with van der Waals surface area (Å²) >= 11 is 0. The van der Waals surface area contributed by atoms with Crippen molar-refractivity contribution in [1.29, 1.82) is 0 Å². The van der Waals surface area contributed by atoms with Crippen LogP contribution in [0.1, 0.15) is 64.0 Å². The summed E-state index contributed by atoms with van der Waals surface area (Å²) in [4.78, 5) is 27.7. The molecule has 2 atom stereocenters. The van der Waals surface area contributed by atoms with Crippen molar-refractivity contribution in [3.8, 4) is 24.7 Å². The van der Waals surface area contributed by atoms with Crippen LogP contribution in [0.4, 0.5) is 4.79 Å². The van der Waals surface area contributed by atoms with Crippen LogP contribution in [-0.4, -0.2) is 29.9 Å². The van der Waals surface area contributed by atoms with Gasteiger partial charge in [-0.3, -0.25) is 9.69 Å². The highest BCUT2D eigenvalue weighted by atomic mass is 16.6. The van der Waals surface area contributed by atoms with Crippen molar-refractivity contribution >= 4 is 11.9 Å². The second-order valence-electron chi connectivity index (χ2n) is 7.62. The van der Waals surface area contributed by atoms with Crippen LogP contribution >= 0.6 is 0 Å². The maximum absolute atomic E-state index is 13.5. The highest BCUT2D eigenvalue weighted by Gasteiger charge is 2.44. The molecule has 2 aromatic rings. The Hall–Kier alpha value is -3.50. The number of aryl methyl sites for hydroxylation is 1. The maximum atomic E-state index is 13.5. The molecule has 1 aliphatic rings. The van der Waals surface area contributed by atoms with Gasteiger partial charge < -0.3 is 4.74 Å². The van der Waals surface area contributed by atoms with Gasteiger partial charge in [-0.15, -0.1) is 12.8 Å². The van der Waals surface area contributed by atoms with Gasteiger partial charge in [-0.05, 0) is 42.0 Å². The number of nitrogens with zero attached hydrogens (tertiary/aromatic N) is 1. The van der Waals surface area contributed by atoms with E-state index in [1.807, 2.05) is 24.3 Å². The van der Waals surface area contributed by atoms with E-state index in [1.54, 1.807) is 6.07 Å². The van der Waals surface area contributed by atoms with Crippen LogP contribution in [0.25, 0.3) is 0 Å². The van der Waals surface area contributed by atoms with E-state index in [0.29, 0.717) is 11.1 Å². The minimum absolute atomic E-state index is 0.0350. The third-order valence-electron chi connectivity index (χ3n) is 5.98. The fourth-order valence-electron chi connectivity index (χ4n) is 4.45. The number of amides is 1. The van der Waals surface area contributed by atoms with Gasteiger partial charge in [-0.2, -0.15) is 0 Å². The Morgan fingerprint density at radius 3 is 2.32 bits per heavy atom. The molecule has 0 radical (unpaired) electrons. The van der Waals surface area contributed by atoms with E-state index >= 15 is 0 Å². The van der Waals surface area contributed by atoms with Crippen LogP contribution < -0.4 is 0 Å². The predicted octanol–water partition coefficient (Wildman–Crippen LogP) is 4.85. The summed E-state index contributed by atoms with van der Waals surface area (Å²) in [6.45, 7) is 6.38. The number of benzene rings is 2. The third kappa shape index (κ3) is 4.07. The first-order valence-electron chi connectivity index (χ1n) is 10.5. The molecule has 0 saturated carbocycles. The average Bonchev–Trinajstić information content (AvgIpc) is 3.05. The van der Waals surface area contributed by atoms with Gasteiger partial charge in [0.1, 0.15) is 6.10 Å². The van der Waals surface area contributed by atoms with Gasteiger partial charge in [0.15, 0.2) is 5.78 Å². The van der Waals surface area contributed by atoms with Gasteiger partial charge in [0.05, 0.1) is 19.0 Å². The predicted molar refractivity (Wildman–Crippen MR) is 122 cm³/mol. The van der Waals surface area contributed by atoms with Crippen molar-refractivity contribution in [2.24, 2.45) is 0 Å². The second kappa shape index (κ2) is 9.54. The zero-order valence-corrected chi connectivity index (χ0v) is 18.3. The maximum Gasteiger partial charge on any atom is 0.412 e. The van der Waals surface area contributed by atoms with Crippen LogP contribution in [0, 0.1) is 31.6 Å². The normalized spacial score (nSPS) is 16.9. The van der Waals surface area contributed by atoms with E-state index in [1.165, 1.54) is 16.0 Å². The molecule has 4 heteroatoms. The Morgan fingerprint density at radius 2 is 1.71 bits per heavy atom. The number of terminal acetylenes is 2. The number of carbonyl (C=O) groups is 2. The number of hydrogen-bond acceptors (Lipinski definition) is 3. The molecule has 0 heterocycles. The molecule has 0 spiro atoms. The molecule has 31 heavy (non-hydrogen) atoms. The van der Waals surface area contributed by atoms with E-state index in [9.17, 15) is 9.59 Å². The summed E-state index contributed by atoms with van der Waals surface area (Å²) < 4.78 is 5.91. The molecule has 2 unspecified atom stereocenters. The van der Waals surface area contributed by atoms with Gasteiger partial charge in [0.25, 0.3) is 0 Å². The Morgan fingerprint density at radius 1 is 1.03 bits per heavy atom. The van der Waals surface area contributed by atoms with Crippen LogP contribution in [0.2, 0.25) is 0 Å². The largest absolute Gasteiger partial charge is 0.440 e. The Bertz CT molecular complexity index is 1070. The summed E-state index contributed by atoms with van der Waals surface area (Å²) in [5, 5.41) is 0. The van der Waals surface area contributed by atoms with Crippen molar-refractivity contribution in [3.05, 3.63) is 69.8 Å². The molecule has 4 nitrogen and oxygen atoms in total. The van der Waals surface area contributed by atoms with Gasteiger partial charge in [-0.1, -0.05) is 62.1 Å². The summed E-state index contributed by atoms with van der Waals surface area (Å²) in [5.41, 5.74) is 5.80. The van der Waals surface area contributed by atoms with E-state index in [4.69, 9.17) is 17.6 Å². The third-order valence-corrected chi connectivity index (χ3v) is 5.98. The number of rotatable bonds is 6. The molecule has 1 aliphatic carbocycles. The average molecular weight is 414 g/mol. The van der Waals surface area contributed by atoms with E-state index in [2.05, 4.69) is 38.7 Å². The smallest absolute Gasteiger partial charge is 0.412 e. The van der Waals surface area contributed by atoms with Crippen molar-refractivity contribution in [2.75, 3.05) is 13.1 Å². The molecular formula is C27H27NO3. The minimum atomic E-state index is -0.730. The molecule has 0 aliphatic heterocycles. The van der Waals surface area contributed by atoms with Gasteiger partial charge in [-0.25, -0.2) is 4.79 Å². The number of ether oxygens (including phenoxy) is 1. The standard InChI is InChI=1S/C27H27NO3/c1-6-16-28(17-7-2)27(30)31-26-23-13-11-10-12-22(23)25(29)24(26)21-15-14-19(8-3)18(5)20(21)9-4/h1-2,10-15,24,26H,8-9,16-17H2,3-5H3. The van der Waals surface area contributed by atoms with Crippen LogP contribution in [0.3, 0.4) is 0 Å².